The quantitative estimate of drug-likeness (QED) is 0.797. The molecule has 2 aliphatic rings. The summed E-state index contributed by atoms with van der Waals surface area (Å²) in [5.41, 5.74) is 0.269. The van der Waals surface area contributed by atoms with Crippen LogP contribution in [0.2, 0.25) is 0 Å². The number of anilines is 1. The van der Waals surface area contributed by atoms with Crippen molar-refractivity contribution in [3.05, 3.63) is 18.0 Å². The lowest BCUT2D eigenvalue weighted by atomic mass is 10.1. The molecule has 1 aliphatic heterocycles. The molecule has 7 nitrogen and oxygen atoms in total. The van der Waals surface area contributed by atoms with Crippen molar-refractivity contribution in [1.82, 2.24) is 15.3 Å². The highest BCUT2D eigenvalue weighted by Crippen LogP contribution is 2.19. The summed E-state index contributed by atoms with van der Waals surface area (Å²) in [6.07, 6.45) is 9.16. The highest BCUT2D eigenvalue weighted by molar-refractivity contribution is 7.91. The molecule has 1 aromatic rings. The lowest BCUT2D eigenvalue weighted by molar-refractivity contribution is 0.0936. The van der Waals surface area contributed by atoms with Crippen LogP contribution in [0.1, 0.15) is 55.4 Å². The summed E-state index contributed by atoms with van der Waals surface area (Å²) in [4.78, 5) is 20.8. The number of hydrogen-bond acceptors (Lipinski definition) is 6. The number of carbonyl (C=O) groups is 1. The Bertz CT molecular complexity index is 684. The van der Waals surface area contributed by atoms with E-state index in [-0.39, 0.29) is 29.1 Å². The molecule has 1 aromatic heterocycles. The van der Waals surface area contributed by atoms with Crippen LogP contribution in [0.4, 0.5) is 5.95 Å². The zero-order chi connectivity index (χ0) is 17.0. The van der Waals surface area contributed by atoms with Gasteiger partial charge in [0.2, 0.25) is 5.95 Å². The van der Waals surface area contributed by atoms with E-state index in [0.29, 0.717) is 18.4 Å². The summed E-state index contributed by atoms with van der Waals surface area (Å²) in [6, 6.07) is 1.58. The van der Waals surface area contributed by atoms with Crippen LogP contribution in [0.3, 0.4) is 0 Å². The third-order valence-corrected chi connectivity index (χ3v) is 6.41. The molecule has 8 heteroatoms. The van der Waals surface area contributed by atoms with E-state index >= 15 is 0 Å². The Morgan fingerprint density at radius 1 is 1.08 bits per heavy atom. The molecule has 24 heavy (non-hydrogen) atoms. The van der Waals surface area contributed by atoms with Crippen LogP contribution in [0.5, 0.6) is 0 Å². The molecule has 1 saturated heterocycles. The molecule has 1 unspecified atom stereocenters. The molecule has 1 aliphatic carbocycles. The zero-order valence-electron chi connectivity index (χ0n) is 13.7. The van der Waals surface area contributed by atoms with Gasteiger partial charge in [-0.3, -0.25) is 4.79 Å². The van der Waals surface area contributed by atoms with E-state index in [0.717, 1.165) is 12.8 Å². The van der Waals surface area contributed by atoms with E-state index in [2.05, 4.69) is 20.6 Å². The Morgan fingerprint density at radius 2 is 1.83 bits per heavy atom. The van der Waals surface area contributed by atoms with Gasteiger partial charge in [-0.1, -0.05) is 25.7 Å². The van der Waals surface area contributed by atoms with Crippen LogP contribution in [0.15, 0.2) is 12.3 Å². The SMILES string of the molecule is O=C(NC1CCS(=O)(=O)C1)c1ccnc(NC2CCCCCC2)n1. The number of nitrogens with one attached hydrogen (secondary N) is 2. The molecule has 0 spiro atoms. The number of nitrogens with zero attached hydrogens (tertiary/aromatic N) is 2. The molecule has 3 rings (SSSR count). The first kappa shape index (κ1) is 17.1. The van der Waals surface area contributed by atoms with Crippen LogP contribution in [0.25, 0.3) is 0 Å². The number of sulfone groups is 1. The molecule has 2 fully saturated rings. The minimum absolute atomic E-state index is 0.0109. The number of hydrogen-bond donors (Lipinski definition) is 2. The molecule has 0 radical (unpaired) electrons. The fourth-order valence-corrected chi connectivity index (χ4v) is 5.00. The van der Waals surface area contributed by atoms with Crippen LogP contribution in [0, 0.1) is 0 Å². The molecule has 1 amide bonds. The predicted molar refractivity (Wildman–Crippen MR) is 91.7 cm³/mol. The van der Waals surface area contributed by atoms with Gasteiger partial charge < -0.3 is 10.6 Å². The maximum Gasteiger partial charge on any atom is 0.270 e. The van der Waals surface area contributed by atoms with Crippen molar-refractivity contribution in [2.75, 3.05) is 16.8 Å². The maximum atomic E-state index is 12.3. The van der Waals surface area contributed by atoms with E-state index in [4.69, 9.17) is 0 Å². The predicted octanol–water partition coefficient (Wildman–Crippen LogP) is 1.53. The molecule has 2 N–H and O–H groups in total. The summed E-state index contributed by atoms with van der Waals surface area (Å²) < 4.78 is 23.0. The first-order valence-electron chi connectivity index (χ1n) is 8.63. The minimum atomic E-state index is -3.01. The number of aromatic nitrogens is 2. The lowest BCUT2D eigenvalue weighted by Crippen LogP contribution is -2.36. The van der Waals surface area contributed by atoms with Gasteiger partial charge in [0.05, 0.1) is 11.5 Å². The van der Waals surface area contributed by atoms with Crippen LogP contribution in [-0.4, -0.2) is 47.9 Å². The largest absolute Gasteiger partial charge is 0.351 e. The van der Waals surface area contributed by atoms with Crippen molar-refractivity contribution in [2.24, 2.45) is 0 Å². The van der Waals surface area contributed by atoms with Gasteiger partial charge in [0.15, 0.2) is 9.84 Å². The second-order valence-electron chi connectivity index (χ2n) is 6.67. The van der Waals surface area contributed by atoms with Crippen molar-refractivity contribution in [3.8, 4) is 0 Å². The van der Waals surface area contributed by atoms with Gasteiger partial charge in [-0.25, -0.2) is 18.4 Å². The Morgan fingerprint density at radius 3 is 2.50 bits per heavy atom. The number of amides is 1. The van der Waals surface area contributed by atoms with E-state index in [9.17, 15) is 13.2 Å². The highest BCUT2D eigenvalue weighted by Gasteiger charge is 2.29. The summed E-state index contributed by atoms with van der Waals surface area (Å²) in [7, 11) is -3.01. The average Bonchev–Trinajstić information content (AvgIpc) is 2.75. The standard InChI is InChI=1S/C16H24N4O3S/c21-15(18-13-8-10-24(22,23)11-13)14-7-9-17-16(20-14)19-12-5-3-1-2-4-6-12/h7,9,12-13H,1-6,8,10-11H2,(H,18,21)(H,17,19,20). The topological polar surface area (TPSA) is 101 Å². The maximum absolute atomic E-state index is 12.3. The second kappa shape index (κ2) is 7.46. The van der Waals surface area contributed by atoms with E-state index < -0.39 is 9.84 Å². The Labute approximate surface area is 142 Å². The van der Waals surface area contributed by atoms with Gasteiger partial charge in [0, 0.05) is 18.3 Å². The first-order chi connectivity index (χ1) is 11.5. The fourth-order valence-electron chi connectivity index (χ4n) is 3.33. The summed E-state index contributed by atoms with van der Waals surface area (Å²) in [6.45, 7) is 0. The van der Waals surface area contributed by atoms with Crippen molar-refractivity contribution in [1.29, 1.82) is 0 Å². The number of rotatable bonds is 4. The monoisotopic (exact) mass is 352 g/mol. The molecule has 1 atom stereocenters. The molecule has 0 aromatic carbocycles. The first-order valence-corrected chi connectivity index (χ1v) is 10.4. The van der Waals surface area contributed by atoms with Crippen LogP contribution < -0.4 is 10.6 Å². The summed E-state index contributed by atoms with van der Waals surface area (Å²) in [5.74, 6) is 0.268. The highest BCUT2D eigenvalue weighted by atomic mass is 32.2. The van der Waals surface area contributed by atoms with E-state index in [1.807, 2.05) is 0 Å². The van der Waals surface area contributed by atoms with Gasteiger partial charge in [0.25, 0.3) is 5.91 Å². The Balaban J connectivity index is 1.60. The fraction of sp³-hybridized carbons (Fsp3) is 0.688. The molecular weight excluding hydrogens is 328 g/mol. The normalized spacial score (nSPS) is 24.2. The third kappa shape index (κ3) is 4.66. The number of carbonyl (C=O) groups excluding carboxylic acids is 1. The van der Waals surface area contributed by atoms with E-state index in [1.54, 1.807) is 12.3 Å². The van der Waals surface area contributed by atoms with Crippen molar-refractivity contribution in [3.63, 3.8) is 0 Å². The van der Waals surface area contributed by atoms with Crippen LogP contribution in [-0.2, 0) is 9.84 Å². The lowest BCUT2D eigenvalue weighted by Gasteiger charge is -2.16. The van der Waals surface area contributed by atoms with Crippen molar-refractivity contribution in [2.45, 2.75) is 57.0 Å². The van der Waals surface area contributed by atoms with Gasteiger partial charge in [-0.15, -0.1) is 0 Å². The minimum Gasteiger partial charge on any atom is -0.351 e. The van der Waals surface area contributed by atoms with Gasteiger partial charge in [0.1, 0.15) is 5.69 Å². The zero-order valence-corrected chi connectivity index (χ0v) is 14.5. The van der Waals surface area contributed by atoms with Crippen LogP contribution >= 0.6 is 0 Å². The summed E-state index contributed by atoms with van der Waals surface area (Å²) in [5, 5.41) is 6.08. The summed E-state index contributed by atoms with van der Waals surface area (Å²) >= 11 is 0. The second-order valence-corrected chi connectivity index (χ2v) is 8.90. The molecule has 132 valence electrons. The van der Waals surface area contributed by atoms with E-state index in [1.165, 1.54) is 25.7 Å². The molecular formula is C16H24N4O3S. The van der Waals surface area contributed by atoms with Gasteiger partial charge in [-0.05, 0) is 25.3 Å². The van der Waals surface area contributed by atoms with Crippen molar-refractivity contribution < 1.29 is 13.2 Å². The van der Waals surface area contributed by atoms with Gasteiger partial charge in [-0.2, -0.15) is 0 Å². The molecule has 2 heterocycles. The van der Waals surface area contributed by atoms with Gasteiger partial charge >= 0.3 is 0 Å². The smallest absolute Gasteiger partial charge is 0.270 e. The average molecular weight is 352 g/mol. The van der Waals surface area contributed by atoms with Crippen molar-refractivity contribution >= 4 is 21.7 Å². The molecule has 0 bridgehead atoms. The Kier molecular flexibility index (Phi) is 5.33. The molecule has 1 saturated carbocycles. The third-order valence-electron chi connectivity index (χ3n) is 4.64. The Hall–Kier alpha value is -1.70.